The van der Waals surface area contributed by atoms with E-state index in [0.29, 0.717) is 3.57 Å². The van der Waals surface area contributed by atoms with Crippen molar-refractivity contribution < 1.29 is 40.2 Å². The molecule has 0 unspecified atom stereocenters. The Balaban J connectivity index is 2.30. The van der Waals surface area contributed by atoms with Crippen molar-refractivity contribution in [1.29, 1.82) is 0 Å². The lowest BCUT2D eigenvalue weighted by atomic mass is 10.1. The second-order valence-corrected chi connectivity index (χ2v) is 15.3. The van der Waals surface area contributed by atoms with E-state index in [-0.39, 0.29) is 22.6 Å². The number of nitrogens with one attached hydrogen (secondary N) is 4. The summed E-state index contributed by atoms with van der Waals surface area (Å²) in [5.41, 5.74) is -2.25. The predicted molar refractivity (Wildman–Crippen MR) is 180 cm³/mol. The van der Waals surface area contributed by atoms with E-state index in [1.54, 1.807) is 19.9 Å². The van der Waals surface area contributed by atoms with E-state index in [9.17, 15) is 35.6 Å². The fourth-order valence-electron chi connectivity index (χ4n) is 3.81. The van der Waals surface area contributed by atoms with Crippen LogP contribution in [0.5, 0.6) is 17.2 Å². The molecule has 4 N–H and O–H groups in total. The number of pyridine rings is 1. The van der Waals surface area contributed by atoms with Crippen LogP contribution < -0.4 is 35.1 Å². The number of benzene rings is 2. The van der Waals surface area contributed by atoms with Crippen LogP contribution in [0, 0.1) is 16.3 Å². The molecule has 0 radical (unpaired) electrons. The highest BCUT2D eigenvalue weighted by atomic mass is 127. The summed E-state index contributed by atoms with van der Waals surface area (Å²) in [5, 5.41) is 5.34. The Hall–Kier alpha value is -2.53. The molecule has 0 bridgehead atoms. The van der Waals surface area contributed by atoms with Crippen LogP contribution in [0.1, 0.15) is 29.8 Å². The number of para-hydroxylation sites is 1. The van der Waals surface area contributed by atoms with Crippen molar-refractivity contribution in [2.24, 2.45) is 7.05 Å². The van der Waals surface area contributed by atoms with E-state index < -0.39 is 66.4 Å². The van der Waals surface area contributed by atoms with Crippen LogP contribution in [0.25, 0.3) is 0 Å². The monoisotopic (exact) mass is 823 g/mol. The van der Waals surface area contributed by atoms with Gasteiger partial charge in [-0.05, 0) is 73.7 Å². The Morgan fingerprint density at radius 1 is 1.07 bits per heavy atom. The molecule has 45 heavy (non-hydrogen) atoms. The molecule has 0 aliphatic rings. The Labute approximate surface area is 285 Å². The first-order chi connectivity index (χ1) is 20.6. The summed E-state index contributed by atoms with van der Waals surface area (Å²) in [6.45, 7) is 4.52. The van der Waals surface area contributed by atoms with E-state index >= 15 is 0 Å². The van der Waals surface area contributed by atoms with Crippen LogP contribution in [0.15, 0.2) is 41.2 Å². The van der Waals surface area contributed by atoms with Crippen molar-refractivity contribution >= 4 is 93.8 Å². The van der Waals surface area contributed by atoms with Gasteiger partial charge in [0.05, 0.1) is 16.9 Å². The Kier molecular flexibility index (Phi) is 11.6. The molecule has 0 saturated carbocycles. The third-order valence-electron chi connectivity index (χ3n) is 5.52. The summed E-state index contributed by atoms with van der Waals surface area (Å²) in [6, 6.07) is 6.69. The molecule has 0 atom stereocenters. The molecule has 0 aliphatic heterocycles. The third-order valence-corrected chi connectivity index (χ3v) is 8.04. The van der Waals surface area contributed by atoms with Crippen LogP contribution in [0.4, 0.5) is 34.8 Å². The quantitative estimate of drug-likeness (QED) is 0.0574. The molecular formula is C25H26F4IN5O6S4. The van der Waals surface area contributed by atoms with Gasteiger partial charge < -0.3 is 20.1 Å². The van der Waals surface area contributed by atoms with E-state index in [4.69, 9.17) is 4.74 Å². The minimum absolute atomic E-state index is 0.127. The lowest BCUT2D eigenvalue weighted by Crippen LogP contribution is -2.39. The zero-order chi connectivity index (χ0) is 34.1. The van der Waals surface area contributed by atoms with Crippen LogP contribution in [-0.2, 0) is 17.3 Å². The average Bonchev–Trinajstić information content (AvgIpc) is 2.85. The van der Waals surface area contributed by atoms with Crippen molar-refractivity contribution in [2.75, 3.05) is 10.0 Å². The Bertz CT molecular complexity index is 1780. The lowest BCUT2D eigenvalue weighted by Gasteiger charge is -2.24. The van der Waals surface area contributed by atoms with Gasteiger partial charge in [0.15, 0.2) is 20.8 Å². The molecule has 0 aliphatic carbocycles. The van der Waals surface area contributed by atoms with Gasteiger partial charge in [-0.1, -0.05) is 6.07 Å². The van der Waals surface area contributed by atoms with Crippen LogP contribution >= 0.6 is 60.5 Å². The largest absolute Gasteiger partial charge is 0.573 e. The van der Waals surface area contributed by atoms with Crippen molar-refractivity contribution in [2.45, 2.75) is 36.7 Å². The normalized spacial score (nSPS) is 12.2. The molecule has 3 aromatic rings. The second kappa shape index (κ2) is 14.1. The van der Waals surface area contributed by atoms with Gasteiger partial charge in [-0.25, -0.2) is 4.39 Å². The van der Waals surface area contributed by atoms with Gasteiger partial charge in [-0.2, -0.15) is 13.1 Å². The zero-order valence-corrected chi connectivity index (χ0v) is 29.2. The lowest BCUT2D eigenvalue weighted by molar-refractivity contribution is -0.274. The number of nitrogens with zero attached hydrogens (tertiary/aromatic N) is 1. The molecule has 3 rings (SSSR count). The van der Waals surface area contributed by atoms with Crippen molar-refractivity contribution in [3.63, 3.8) is 0 Å². The van der Waals surface area contributed by atoms with Crippen molar-refractivity contribution in [3.05, 3.63) is 67.3 Å². The molecule has 20 heteroatoms. The van der Waals surface area contributed by atoms with Gasteiger partial charge in [-0.15, -0.1) is 51.1 Å². The van der Waals surface area contributed by atoms with Crippen LogP contribution in [-0.4, -0.2) is 34.8 Å². The highest BCUT2D eigenvalue weighted by Gasteiger charge is 2.36. The molecule has 11 nitrogen and oxygen atoms in total. The average molecular weight is 824 g/mol. The van der Waals surface area contributed by atoms with Crippen LogP contribution in [0.2, 0.25) is 0 Å². The summed E-state index contributed by atoms with van der Waals surface area (Å²) < 4.78 is 94.1. The van der Waals surface area contributed by atoms with E-state index in [0.717, 1.165) is 22.8 Å². The maximum absolute atomic E-state index is 14.8. The highest BCUT2D eigenvalue weighted by molar-refractivity contribution is 14.1. The number of anilines is 3. The number of ether oxygens (including phenoxy) is 2. The SMILES string of the molecule is Cc1c(Oc2cccc(NS(=O)(=O)NC(S)(S)S)c2OC(F)(F)F)c(C(=O)NC(C)C)c(Nc2ccc(I)cc2F)n(C)c1=O. The maximum atomic E-state index is 14.8. The Morgan fingerprint density at radius 3 is 2.27 bits per heavy atom. The number of alkyl halides is 3. The molecule has 1 aromatic heterocycles. The van der Waals surface area contributed by atoms with E-state index in [2.05, 4.69) is 53.3 Å². The Morgan fingerprint density at radius 2 is 1.71 bits per heavy atom. The van der Waals surface area contributed by atoms with Gasteiger partial charge in [0.25, 0.3) is 11.5 Å². The first-order valence-corrected chi connectivity index (χ1v) is 16.3. The summed E-state index contributed by atoms with van der Waals surface area (Å²) >= 11 is 13.3. The molecule has 246 valence electrons. The minimum atomic E-state index is -5.36. The van der Waals surface area contributed by atoms with Gasteiger partial charge in [0, 0.05) is 16.7 Å². The zero-order valence-electron chi connectivity index (χ0n) is 23.6. The third kappa shape index (κ3) is 9.98. The number of carbonyl (C=O) groups is 1. The molecule has 1 heterocycles. The smallest absolute Gasteiger partial charge is 0.452 e. The number of aromatic nitrogens is 1. The molecule has 1 amide bonds. The first-order valence-electron chi connectivity index (χ1n) is 12.4. The van der Waals surface area contributed by atoms with E-state index in [1.165, 1.54) is 26.1 Å². The first kappa shape index (κ1) is 36.9. The molecule has 0 fully saturated rings. The number of hydrogen-bond acceptors (Lipinski definition) is 10. The summed E-state index contributed by atoms with van der Waals surface area (Å²) in [4.78, 5) is 26.9. The molecule has 0 spiro atoms. The number of rotatable bonds is 11. The molecular weight excluding hydrogens is 797 g/mol. The van der Waals surface area contributed by atoms with Gasteiger partial charge in [0.1, 0.15) is 17.2 Å². The van der Waals surface area contributed by atoms with Gasteiger partial charge in [0.2, 0.25) is 0 Å². The maximum Gasteiger partial charge on any atom is 0.573 e. The van der Waals surface area contributed by atoms with Crippen LogP contribution in [0.3, 0.4) is 0 Å². The number of amides is 1. The minimum Gasteiger partial charge on any atom is -0.452 e. The number of carbonyl (C=O) groups excluding carboxylic acids is 1. The van der Waals surface area contributed by atoms with Gasteiger partial charge in [-0.3, -0.25) is 18.9 Å². The summed E-state index contributed by atoms with van der Waals surface area (Å²) in [6.07, 6.45) is -5.36. The predicted octanol–water partition coefficient (Wildman–Crippen LogP) is 5.66. The van der Waals surface area contributed by atoms with E-state index in [1.807, 2.05) is 32.0 Å². The fourth-order valence-corrected chi connectivity index (χ4v) is 6.21. The molecule has 0 saturated heterocycles. The summed E-state index contributed by atoms with van der Waals surface area (Å²) in [5.74, 6) is -4.26. The number of thiol groups is 3. The van der Waals surface area contributed by atoms with Gasteiger partial charge >= 0.3 is 16.6 Å². The number of hydrogen-bond donors (Lipinski definition) is 7. The molecule has 2 aromatic carbocycles. The van der Waals surface area contributed by atoms with Crippen molar-refractivity contribution in [3.8, 4) is 17.2 Å². The topological polar surface area (TPSA) is 140 Å². The fraction of sp³-hybridized carbons (Fsp3) is 0.280. The standard InChI is InChI=1S/C25H26F4IN5O6S4/c1-11(2)31-22(36)18-19(12(3)23(37)35(4)21(18)32-15-9-8-13(30)10-14(15)26)40-17-7-5-6-16(20(17)41-24(27,28)29)33-45(38,39)34-25(42,43)44/h5-11,32-34,42-44H,1-4H3,(H,31,36). The number of halogens is 5. The second-order valence-electron chi connectivity index (χ2n) is 9.54. The summed E-state index contributed by atoms with van der Waals surface area (Å²) in [7, 11) is -3.36. The van der Waals surface area contributed by atoms with Crippen molar-refractivity contribution in [1.82, 2.24) is 14.6 Å². The highest BCUT2D eigenvalue weighted by Crippen LogP contribution is 2.44.